The van der Waals surface area contributed by atoms with Crippen LogP contribution in [0.2, 0.25) is 0 Å². The number of benzene rings is 2. The maximum Gasteiger partial charge on any atom is 0.337 e. The Labute approximate surface area is 266 Å². The molecule has 246 valence electrons. The second-order valence-corrected chi connectivity index (χ2v) is 13.9. The number of carbonyl (C=O) groups excluding carboxylic acids is 2. The number of para-hydroxylation sites is 1. The lowest BCUT2D eigenvalue weighted by atomic mass is 9.45. The number of hydrogen-bond acceptors (Lipinski definition) is 9. The summed E-state index contributed by atoms with van der Waals surface area (Å²) in [4.78, 5) is 34.7. The molecule has 3 N–H and O–H groups in total. The summed E-state index contributed by atoms with van der Waals surface area (Å²) in [5.41, 5.74) is 3.79. The number of nitrogens with one attached hydrogen (secondary N) is 1. The Morgan fingerprint density at radius 1 is 1.18 bits per heavy atom. The van der Waals surface area contributed by atoms with Gasteiger partial charge in [0, 0.05) is 42.9 Å². The van der Waals surface area contributed by atoms with E-state index in [9.17, 15) is 19.8 Å². The first-order valence-electron chi connectivity index (χ1n) is 15.9. The number of ether oxygens (including phenoxy) is 2. The molecule has 4 aliphatic rings. The van der Waals surface area contributed by atoms with Crippen molar-refractivity contribution in [3.05, 3.63) is 47.5 Å². The fourth-order valence-corrected chi connectivity index (χ4v) is 8.09. The molecular weight excluding hydrogens is 574 g/mol. The molecule has 45 heavy (non-hydrogen) atoms. The van der Waals surface area contributed by atoms with Crippen molar-refractivity contribution in [2.75, 3.05) is 39.8 Å². The first-order chi connectivity index (χ1) is 21.3. The third-order valence-corrected chi connectivity index (χ3v) is 10.9. The summed E-state index contributed by atoms with van der Waals surface area (Å²) >= 11 is 0. The molecule has 3 saturated carbocycles. The number of hydrogen-bond donors (Lipinski definition) is 3. The molecule has 6 rings (SSSR count). The van der Waals surface area contributed by atoms with Gasteiger partial charge in [0.2, 0.25) is 5.91 Å². The van der Waals surface area contributed by atoms with E-state index in [-0.39, 0.29) is 25.1 Å². The van der Waals surface area contributed by atoms with Crippen LogP contribution < -0.4 is 15.0 Å². The molecule has 10 nitrogen and oxygen atoms in total. The Bertz CT molecular complexity index is 1410. The van der Waals surface area contributed by atoms with Crippen molar-refractivity contribution >= 4 is 17.6 Å². The van der Waals surface area contributed by atoms with Crippen LogP contribution in [-0.4, -0.2) is 86.4 Å². The van der Waals surface area contributed by atoms with Gasteiger partial charge in [0.1, 0.15) is 17.9 Å². The lowest BCUT2D eigenvalue weighted by Gasteiger charge is -2.62. The van der Waals surface area contributed by atoms with Crippen molar-refractivity contribution in [1.29, 1.82) is 0 Å². The molecule has 1 aliphatic heterocycles. The van der Waals surface area contributed by atoms with Crippen LogP contribution in [0.15, 0.2) is 36.4 Å². The predicted molar refractivity (Wildman–Crippen MR) is 172 cm³/mol. The van der Waals surface area contributed by atoms with Gasteiger partial charge in [-0.15, -0.1) is 0 Å². The van der Waals surface area contributed by atoms with E-state index in [1.165, 1.54) is 13.5 Å². The normalized spacial score (nSPS) is 29.4. The Hall–Kier alpha value is -3.18. The fourth-order valence-electron chi connectivity index (χ4n) is 8.09. The highest BCUT2D eigenvalue weighted by atomic mass is 16.7. The lowest BCUT2D eigenvalue weighted by molar-refractivity contribution is -0.183. The molecule has 1 saturated heterocycles. The maximum atomic E-state index is 14.1. The Morgan fingerprint density at radius 3 is 2.49 bits per heavy atom. The van der Waals surface area contributed by atoms with Crippen LogP contribution >= 0.6 is 0 Å². The topological polar surface area (TPSA) is 121 Å². The van der Waals surface area contributed by atoms with Crippen LogP contribution in [0.4, 0.5) is 5.69 Å². The second kappa shape index (κ2) is 12.9. The van der Waals surface area contributed by atoms with E-state index in [4.69, 9.17) is 14.3 Å². The maximum absolute atomic E-state index is 14.1. The summed E-state index contributed by atoms with van der Waals surface area (Å²) in [5.74, 6) is 0.770. The van der Waals surface area contributed by atoms with Crippen molar-refractivity contribution < 1.29 is 34.1 Å². The first kappa shape index (κ1) is 33.2. The zero-order chi connectivity index (χ0) is 32.8. The molecule has 10 heteroatoms. The minimum atomic E-state index is -0.891. The summed E-state index contributed by atoms with van der Waals surface area (Å²) in [7, 11) is 6.74. The number of rotatable bonds is 10. The van der Waals surface area contributed by atoms with E-state index in [2.05, 4.69) is 26.1 Å². The van der Waals surface area contributed by atoms with Gasteiger partial charge in [-0.3, -0.25) is 9.63 Å². The molecule has 2 bridgehead atoms. The highest BCUT2D eigenvalue weighted by Gasteiger charge is 2.57. The van der Waals surface area contributed by atoms with Crippen LogP contribution in [0.5, 0.6) is 5.75 Å². The number of fused-ring (bicyclic) bond motifs is 2. The zero-order valence-electron chi connectivity index (χ0n) is 27.7. The number of aliphatic hydroxyl groups is 2. The van der Waals surface area contributed by atoms with Crippen molar-refractivity contribution in [3.8, 4) is 16.9 Å². The van der Waals surface area contributed by atoms with Crippen LogP contribution in [0.1, 0.15) is 56.5 Å². The number of nitrogens with zero attached hydrogens (tertiary/aromatic N) is 2. The number of aliphatic hydroxyl groups excluding tert-OH is 2. The molecule has 2 aromatic rings. The van der Waals surface area contributed by atoms with Crippen LogP contribution in [0.25, 0.3) is 11.1 Å². The Balaban J connectivity index is 1.46. The molecule has 1 heterocycles. The molecule has 0 aromatic heterocycles. The van der Waals surface area contributed by atoms with Gasteiger partial charge in [-0.05, 0) is 66.7 Å². The molecule has 0 unspecified atom stereocenters. The molecule has 2 aromatic carbocycles. The van der Waals surface area contributed by atoms with Gasteiger partial charge in [-0.1, -0.05) is 39.0 Å². The summed E-state index contributed by atoms with van der Waals surface area (Å²) in [5, 5.41) is 26.0. The van der Waals surface area contributed by atoms with Crippen molar-refractivity contribution in [2.24, 2.45) is 29.1 Å². The zero-order valence-corrected chi connectivity index (χ0v) is 27.7. The van der Waals surface area contributed by atoms with Crippen molar-refractivity contribution in [1.82, 2.24) is 10.4 Å². The molecular formula is C35H49N3O7. The number of amides is 1. The van der Waals surface area contributed by atoms with E-state index in [1.807, 2.05) is 43.3 Å². The fraction of sp³-hybridized carbons (Fsp3) is 0.600. The summed E-state index contributed by atoms with van der Waals surface area (Å²) < 4.78 is 11.0. The van der Waals surface area contributed by atoms with Gasteiger partial charge in [0.15, 0.2) is 0 Å². The monoisotopic (exact) mass is 623 g/mol. The number of carbonyl (C=O) groups is 2. The molecule has 8 atom stereocenters. The van der Waals surface area contributed by atoms with E-state index >= 15 is 0 Å². The van der Waals surface area contributed by atoms with Crippen molar-refractivity contribution in [2.45, 2.75) is 71.4 Å². The minimum Gasteiger partial charge on any atom is -0.496 e. The van der Waals surface area contributed by atoms with E-state index < -0.39 is 30.1 Å². The van der Waals surface area contributed by atoms with E-state index in [1.54, 1.807) is 31.2 Å². The van der Waals surface area contributed by atoms with Gasteiger partial charge in [0.05, 0.1) is 39.0 Å². The quantitative estimate of drug-likeness (QED) is 0.339. The number of anilines is 1. The van der Waals surface area contributed by atoms with Crippen molar-refractivity contribution in [3.63, 3.8) is 0 Å². The lowest BCUT2D eigenvalue weighted by Crippen LogP contribution is -2.62. The molecule has 0 spiro atoms. The SMILES string of the molecule is COC(=O)c1cc(-c2cccc(CN3O[C@@H](CO)[C@@H]([C@H](C)O)[C@H]3C(=O)N[C@H]3C[C@H]4C[C@H]([C@@H]3C)C4(C)C)c2OC)cc(N(C)C)c1. The third-order valence-electron chi connectivity index (χ3n) is 10.9. The second-order valence-electron chi connectivity index (χ2n) is 13.9. The van der Waals surface area contributed by atoms with E-state index in [0.717, 1.165) is 28.8 Å². The highest BCUT2D eigenvalue weighted by Crippen LogP contribution is 2.61. The first-order valence-corrected chi connectivity index (χ1v) is 15.9. The average molecular weight is 624 g/mol. The van der Waals surface area contributed by atoms with Crippen LogP contribution in [-0.2, 0) is 20.9 Å². The molecule has 3 aliphatic carbocycles. The smallest absolute Gasteiger partial charge is 0.337 e. The Morgan fingerprint density at radius 2 is 1.91 bits per heavy atom. The minimum absolute atomic E-state index is 0.0461. The molecule has 0 radical (unpaired) electrons. The summed E-state index contributed by atoms with van der Waals surface area (Å²) in [6.07, 6.45) is 0.502. The van der Waals surface area contributed by atoms with Crippen LogP contribution in [0.3, 0.4) is 0 Å². The number of methoxy groups -OCH3 is 2. The van der Waals surface area contributed by atoms with Gasteiger partial charge in [0.25, 0.3) is 0 Å². The average Bonchev–Trinajstić information content (AvgIpc) is 3.39. The van der Waals surface area contributed by atoms with Crippen LogP contribution in [0, 0.1) is 29.1 Å². The predicted octanol–water partition coefficient (Wildman–Crippen LogP) is 3.88. The number of esters is 1. The standard InChI is InChI=1S/C35H49N3O7/c1-19-27-15-24(35(27,3)4)16-28(19)36-33(41)31-30(20(2)40)29(18-39)45-38(31)17-21-10-9-11-26(32(21)43-7)22-12-23(34(42)44-8)14-25(13-22)37(5)6/h9-14,19-20,24,27-31,39-40H,15-18H2,1-8H3,(H,36,41)/t19-,20-,24+,27+,28-,29-,30+,31-/m0/s1. The van der Waals surface area contributed by atoms with Gasteiger partial charge < -0.3 is 29.9 Å². The largest absolute Gasteiger partial charge is 0.496 e. The molecule has 4 fully saturated rings. The summed E-state index contributed by atoms with van der Waals surface area (Å²) in [6.45, 7) is 8.36. The van der Waals surface area contributed by atoms with Gasteiger partial charge in [-0.25, -0.2) is 4.79 Å². The third kappa shape index (κ3) is 6.05. The Kier molecular flexibility index (Phi) is 9.52. The van der Waals surface area contributed by atoms with Gasteiger partial charge in [-0.2, -0.15) is 5.06 Å². The summed E-state index contributed by atoms with van der Waals surface area (Å²) in [6, 6.07) is 10.5. The van der Waals surface area contributed by atoms with E-state index in [0.29, 0.717) is 34.5 Å². The molecule has 1 amide bonds. The van der Waals surface area contributed by atoms with Gasteiger partial charge >= 0.3 is 5.97 Å². The number of hydroxylamine groups is 2. The highest BCUT2D eigenvalue weighted by molar-refractivity contribution is 5.93.